The molecule has 4 aliphatic rings. The lowest BCUT2D eigenvalue weighted by atomic mass is 9.65. The quantitative estimate of drug-likeness (QED) is 0.148. The minimum Gasteiger partial charge on any atom is -0.310 e. The first kappa shape index (κ1) is 56.6. The molecule has 2 aliphatic heterocycles. The van der Waals surface area contributed by atoms with Gasteiger partial charge in [-0.2, -0.15) is 0 Å². The van der Waals surface area contributed by atoms with Crippen LogP contribution in [0.3, 0.4) is 0 Å². The van der Waals surface area contributed by atoms with Gasteiger partial charge in [0.05, 0.1) is 64.5 Å². The topological polar surface area (TPSA) is 101 Å². The molecule has 94 heavy (non-hydrogen) atoms. The van der Waals surface area contributed by atoms with Gasteiger partial charge < -0.3 is 9.80 Å². The predicted octanol–water partition coefficient (Wildman–Crippen LogP) is 20.9. The summed E-state index contributed by atoms with van der Waals surface area (Å²) in [6, 6.07) is 88.2. The van der Waals surface area contributed by atoms with Crippen molar-refractivity contribution in [3.63, 3.8) is 0 Å². The van der Waals surface area contributed by atoms with Crippen molar-refractivity contribution < 1.29 is 16.8 Å². The van der Waals surface area contributed by atoms with Crippen molar-refractivity contribution in [2.24, 2.45) is 0 Å². The summed E-state index contributed by atoms with van der Waals surface area (Å²) in [6.45, 7) is 0. The van der Waals surface area contributed by atoms with E-state index in [0.717, 1.165) is 62.0 Å². The van der Waals surface area contributed by atoms with Crippen molar-refractivity contribution in [3.8, 4) is 42.0 Å². The van der Waals surface area contributed by atoms with Gasteiger partial charge in [0.15, 0.2) is 0 Å². The zero-order valence-corrected chi connectivity index (χ0v) is 54.6. The van der Waals surface area contributed by atoms with Gasteiger partial charge >= 0.3 is 0 Å². The number of anilines is 6. The maximum atomic E-state index is 13.8. The molecular formula is C80H50N4O4S6. The summed E-state index contributed by atoms with van der Waals surface area (Å²) >= 11 is 7.25. The molecule has 0 amide bonds. The molecule has 0 radical (unpaired) electrons. The summed E-state index contributed by atoms with van der Waals surface area (Å²) in [5.41, 5.74) is 18.9. The molecule has 2 spiro atoms. The van der Waals surface area contributed by atoms with Gasteiger partial charge in [0, 0.05) is 54.4 Å². The van der Waals surface area contributed by atoms with Gasteiger partial charge in [-0.1, -0.05) is 115 Å². The smallest absolute Gasteiger partial charge is 0.206 e. The van der Waals surface area contributed by atoms with Crippen molar-refractivity contribution in [1.29, 1.82) is 0 Å². The van der Waals surface area contributed by atoms with Crippen LogP contribution in [0.1, 0.15) is 44.5 Å². The van der Waals surface area contributed by atoms with Crippen LogP contribution in [0.5, 0.6) is 0 Å². The Morgan fingerprint density at radius 2 is 0.606 bits per heavy atom. The highest BCUT2D eigenvalue weighted by atomic mass is 32.2. The van der Waals surface area contributed by atoms with Crippen LogP contribution in [0, 0.1) is 0 Å². The lowest BCUT2D eigenvalue weighted by Gasteiger charge is -2.44. The third kappa shape index (κ3) is 8.30. The van der Waals surface area contributed by atoms with Crippen LogP contribution in [0.4, 0.5) is 34.1 Å². The number of rotatable bonds is 8. The normalized spacial score (nSPS) is 14.0. The van der Waals surface area contributed by atoms with Crippen molar-refractivity contribution in [3.05, 3.63) is 345 Å². The Morgan fingerprint density at radius 1 is 0.287 bits per heavy atom. The first-order valence-corrected chi connectivity index (χ1v) is 37.1. The second-order valence-corrected chi connectivity index (χ2v) is 31.1. The molecule has 8 heterocycles. The molecule has 2 aliphatic carbocycles. The van der Waals surface area contributed by atoms with Crippen LogP contribution in [0.25, 0.3) is 52.8 Å². The van der Waals surface area contributed by atoms with Crippen molar-refractivity contribution in [2.75, 3.05) is 9.80 Å². The van der Waals surface area contributed by atoms with E-state index in [1.807, 2.05) is 130 Å². The number of benzene rings is 9. The predicted molar refractivity (Wildman–Crippen MR) is 383 cm³/mol. The van der Waals surface area contributed by atoms with Crippen LogP contribution in [0.15, 0.2) is 320 Å². The Hall–Kier alpha value is -10.2. The zero-order chi connectivity index (χ0) is 62.9. The molecule has 0 saturated heterocycles. The summed E-state index contributed by atoms with van der Waals surface area (Å²) in [5.74, 6) is 0. The average Bonchev–Trinajstić information content (AvgIpc) is 1.45. The largest absolute Gasteiger partial charge is 0.310 e. The maximum Gasteiger partial charge on any atom is 0.206 e. The third-order valence-electron chi connectivity index (χ3n) is 18.9. The van der Waals surface area contributed by atoms with Crippen LogP contribution < -0.4 is 9.80 Å². The van der Waals surface area contributed by atoms with E-state index in [1.54, 1.807) is 60.9 Å². The van der Waals surface area contributed by atoms with Gasteiger partial charge in [-0.15, -0.1) is 45.3 Å². The highest BCUT2D eigenvalue weighted by molar-refractivity contribution is 7.91. The molecule has 0 atom stereocenters. The summed E-state index contributed by atoms with van der Waals surface area (Å²) in [7, 11) is -7.46. The molecule has 0 N–H and O–H groups in total. The Morgan fingerprint density at radius 3 is 0.979 bits per heavy atom. The fourth-order valence-electron chi connectivity index (χ4n) is 14.8. The summed E-state index contributed by atoms with van der Waals surface area (Å²) in [4.78, 5) is 19.7. The lowest BCUT2D eigenvalue weighted by Crippen LogP contribution is -2.35. The Kier molecular flexibility index (Phi) is 13.1. The van der Waals surface area contributed by atoms with E-state index in [0.29, 0.717) is 0 Å². The van der Waals surface area contributed by atoms with Crippen molar-refractivity contribution >= 4 is 110 Å². The van der Waals surface area contributed by atoms with Crippen LogP contribution >= 0.6 is 45.3 Å². The van der Waals surface area contributed by atoms with Gasteiger partial charge in [-0.05, 0) is 228 Å². The zero-order valence-electron chi connectivity index (χ0n) is 49.7. The molecule has 8 nitrogen and oxygen atoms in total. The standard InChI is InChI=1S/C42H26N2O2S3.C38H24N2O2S3/c45-49(46,31-16-12-27(13-17-31)37-10-5-6-22-43-37)32-18-14-30(15-19-32)44-38-11-4-3-9-33(38)42(34-20-23-47-40(34)41-35(42)21-24-48-41)36-25-28-7-1-2-8-29(28)26-39(36)44;41-45(42,27-16-12-25(13-17-27)33-9-5-6-22-39-33)28-18-14-26(15-19-28)40-34-10-3-1-7-29(34)38(30-8-2-4-11-35(30)40)31-20-23-43-36(31)37-32(38)21-24-44-37/h1-26H;1-24H. The van der Waals surface area contributed by atoms with E-state index in [1.165, 1.54) is 69.4 Å². The Labute approximate surface area is 559 Å². The minimum absolute atomic E-state index is 0.251. The minimum atomic E-state index is -3.74. The molecular weight excluding hydrogens is 1270 g/mol. The first-order chi connectivity index (χ1) is 46.1. The molecule has 19 rings (SSSR count). The van der Waals surface area contributed by atoms with Gasteiger partial charge in [0.2, 0.25) is 19.7 Å². The molecule has 0 saturated carbocycles. The SMILES string of the molecule is O=S(=O)(c1ccc(-c2ccccn2)cc1)c1ccc(N2c3ccccc3C3(c4cc5ccccc5cc42)c2ccsc2-c2sccc23)cc1.O=S(=O)(c1ccc(-c2ccccn2)cc1)c1ccc(N2c3ccccc3C3(c4ccccc42)c2ccsc2-c2sccc23)cc1. The summed E-state index contributed by atoms with van der Waals surface area (Å²) in [5, 5.41) is 11.2. The molecule has 0 unspecified atom stereocenters. The van der Waals surface area contributed by atoms with E-state index in [4.69, 9.17) is 0 Å². The molecule has 0 bridgehead atoms. The van der Waals surface area contributed by atoms with E-state index in [-0.39, 0.29) is 19.6 Å². The fraction of sp³-hybridized carbons (Fsp3) is 0.0250. The number of hydrogen-bond acceptors (Lipinski definition) is 12. The molecule has 14 heteroatoms. The van der Waals surface area contributed by atoms with Crippen LogP contribution in [-0.2, 0) is 30.5 Å². The summed E-state index contributed by atoms with van der Waals surface area (Å²) in [6.07, 6.45) is 3.46. The van der Waals surface area contributed by atoms with Gasteiger partial charge in [0.25, 0.3) is 0 Å². The van der Waals surface area contributed by atoms with Gasteiger partial charge in [-0.25, -0.2) is 16.8 Å². The van der Waals surface area contributed by atoms with E-state index < -0.39 is 30.5 Å². The second kappa shape index (κ2) is 21.7. The number of nitrogens with zero attached hydrogens (tertiary/aromatic N) is 4. The Bertz CT molecular complexity index is 5600. The second-order valence-electron chi connectivity index (χ2n) is 23.6. The van der Waals surface area contributed by atoms with E-state index in [9.17, 15) is 16.8 Å². The molecule has 0 fully saturated rings. The number of para-hydroxylation sites is 3. The molecule has 9 aromatic carbocycles. The monoisotopic (exact) mass is 1320 g/mol. The van der Waals surface area contributed by atoms with Gasteiger partial charge in [-0.3, -0.25) is 9.97 Å². The van der Waals surface area contributed by atoms with Crippen molar-refractivity contribution in [1.82, 2.24) is 9.97 Å². The molecule has 450 valence electrons. The highest BCUT2D eigenvalue weighted by Crippen LogP contribution is 2.67. The van der Waals surface area contributed by atoms with Crippen molar-refractivity contribution in [2.45, 2.75) is 30.4 Å². The third-order valence-corrected chi connectivity index (χ3v) is 26.5. The lowest BCUT2D eigenvalue weighted by molar-refractivity contribution is 0.594. The highest BCUT2D eigenvalue weighted by Gasteiger charge is 2.55. The number of pyridine rings is 2. The number of thiophene rings is 4. The van der Waals surface area contributed by atoms with E-state index >= 15 is 0 Å². The first-order valence-electron chi connectivity index (χ1n) is 30.6. The Balaban J connectivity index is 0.000000138. The van der Waals surface area contributed by atoms with E-state index in [2.05, 4.69) is 175 Å². The molecule has 6 aromatic heterocycles. The average molecular weight is 1320 g/mol. The number of hydrogen-bond donors (Lipinski definition) is 0. The fourth-order valence-corrected chi connectivity index (χ4v) is 21.6. The van der Waals surface area contributed by atoms with Crippen LogP contribution in [-0.4, -0.2) is 26.8 Å². The number of sulfone groups is 2. The number of aromatic nitrogens is 2. The number of fused-ring (bicyclic) bond motifs is 19. The molecule has 15 aromatic rings. The van der Waals surface area contributed by atoms with Crippen LogP contribution in [0.2, 0.25) is 0 Å². The maximum absolute atomic E-state index is 13.8. The van der Waals surface area contributed by atoms with Gasteiger partial charge in [0.1, 0.15) is 0 Å². The summed E-state index contributed by atoms with van der Waals surface area (Å²) < 4.78 is 55.1.